The second-order valence-corrected chi connectivity index (χ2v) is 7.49. The van der Waals surface area contributed by atoms with Gasteiger partial charge in [0.25, 0.3) is 0 Å². The van der Waals surface area contributed by atoms with Crippen molar-refractivity contribution in [2.45, 2.75) is 58.0 Å². The lowest BCUT2D eigenvalue weighted by atomic mass is 9.77. The molecule has 0 spiro atoms. The van der Waals surface area contributed by atoms with E-state index < -0.39 is 0 Å². The van der Waals surface area contributed by atoms with Gasteiger partial charge < -0.3 is 5.32 Å². The van der Waals surface area contributed by atoms with E-state index in [0.717, 1.165) is 12.1 Å². The summed E-state index contributed by atoms with van der Waals surface area (Å²) in [4.78, 5) is 5.56. The molecular formula is C16H31N3. The third-order valence-corrected chi connectivity index (χ3v) is 5.64. The molecule has 3 nitrogen and oxygen atoms in total. The van der Waals surface area contributed by atoms with Crippen molar-refractivity contribution in [2.75, 3.05) is 39.3 Å². The molecule has 19 heavy (non-hydrogen) atoms. The third kappa shape index (κ3) is 2.98. The summed E-state index contributed by atoms with van der Waals surface area (Å²) >= 11 is 0. The zero-order chi connectivity index (χ0) is 13.3. The molecule has 2 aliphatic heterocycles. The number of nitrogens with zero attached hydrogens (tertiary/aromatic N) is 2. The molecule has 110 valence electrons. The van der Waals surface area contributed by atoms with Gasteiger partial charge >= 0.3 is 0 Å². The number of hydrogen-bond acceptors (Lipinski definition) is 3. The molecule has 0 aromatic carbocycles. The minimum atomic E-state index is 0.457. The largest absolute Gasteiger partial charge is 0.314 e. The molecule has 1 atom stereocenters. The van der Waals surface area contributed by atoms with Crippen molar-refractivity contribution < 1.29 is 0 Å². The van der Waals surface area contributed by atoms with Crippen LogP contribution in [0.15, 0.2) is 0 Å². The highest BCUT2D eigenvalue weighted by Gasteiger charge is 2.41. The number of piperazine rings is 1. The summed E-state index contributed by atoms with van der Waals surface area (Å²) < 4.78 is 0. The van der Waals surface area contributed by atoms with E-state index in [0.29, 0.717) is 5.41 Å². The Balaban J connectivity index is 1.62. The molecule has 2 heterocycles. The Kier molecular flexibility index (Phi) is 4.16. The summed E-state index contributed by atoms with van der Waals surface area (Å²) in [6.07, 6.45) is 7.21. The number of likely N-dealkylation sites (tertiary alicyclic amines) is 1. The molecular weight excluding hydrogens is 234 g/mol. The van der Waals surface area contributed by atoms with Crippen molar-refractivity contribution in [3.05, 3.63) is 0 Å². The Morgan fingerprint density at radius 2 is 1.58 bits per heavy atom. The van der Waals surface area contributed by atoms with Crippen molar-refractivity contribution in [2.24, 2.45) is 5.41 Å². The zero-order valence-corrected chi connectivity index (χ0v) is 12.8. The Morgan fingerprint density at radius 1 is 0.895 bits per heavy atom. The van der Waals surface area contributed by atoms with Crippen LogP contribution < -0.4 is 5.32 Å². The monoisotopic (exact) mass is 265 g/mol. The minimum Gasteiger partial charge on any atom is -0.314 e. The van der Waals surface area contributed by atoms with Crippen LogP contribution in [0.4, 0.5) is 0 Å². The zero-order valence-electron chi connectivity index (χ0n) is 12.8. The fraction of sp³-hybridized carbons (Fsp3) is 1.00. The van der Waals surface area contributed by atoms with Crippen LogP contribution in [0.3, 0.4) is 0 Å². The van der Waals surface area contributed by atoms with Gasteiger partial charge in [0.1, 0.15) is 0 Å². The number of piperidine rings is 1. The van der Waals surface area contributed by atoms with E-state index in [2.05, 4.69) is 29.0 Å². The topological polar surface area (TPSA) is 18.5 Å². The van der Waals surface area contributed by atoms with Gasteiger partial charge in [-0.2, -0.15) is 0 Å². The van der Waals surface area contributed by atoms with Crippen LogP contribution in [-0.2, 0) is 0 Å². The first kappa shape index (κ1) is 13.8. The second kappa shape index (κ2) is 5.71. The predicted molar refractivity (Wildman–Crippen MR) is 80.5 cm³/mol. The molecule has 3 heteroatoms. The highest BCUT2D eigenvalue weighted by atomic mass is 15.3. The second-order valence-electron chi connectivity index (χ2n) is 7.49. The van der Waals surface area contributed by atoms with Gasteiger partial charge in [0.05, 0.1) is 0 Å². The van der Waals surface area contributed by atoms with E-state index in [9.17, 15) is 0 Å². The van der Waals surface area contributed by atoms with Gasteiger partial charge in [-0.05, 0) is 31.2 Å². The van der Waals surface area contributed by atoms with Crippen LogP contribution in [0, 0.1) is 5.41 Å². The van der Waals surface area contributed by atoms with E-state index in [1.807, 2.05) is 0 Å². The molecule has 0 radical (unpaired) electrons. The lowest BCUT2D eigenvalue weighted by molar-refractivity contribution is -0.0139. The van der Waals surface area contributed by atoms with Gasteiger partial charge in [0.15, 0.2) is 0 Å². The van der Waals surface area contributed by atoms with Gasteiger partial charge in [-0.3, -0.25) is 9.80 Å². The molecule has 0 aromatic heterocycles. The quantitative estimate of drug-likeness (QED) is 0.823. The van der Waals surface area contributed by atoms with Gasteiger partial charge in [0, 0.05) is 44.8 Å². The van der Waals surface area contributed by atoms with E-state index in [1.54, 1.807) is 0 Å². The smallest absolute Gasteiger partial charge is 0.0172 e. The van der Waals surface area contributed by atoms with Crippen LogP contribution in [0.2, 0.25) is 0 Å². The van der Waals surface area contributed by atoms with Crippen molar-refractivity contribution in [1.82, 2.24) is 15.1 Å². The summed E-state index contributed by atoms with van der Waals surface area (Å²) in [5, 5.41) is 3.48. The summed E-state index contributed by atoms with van der Waals surface area (Å²) in [7, 11) is 0. The van der Waals surface area contributed by atoms with Crippen LogP contribution in [0.1, 0.15) is 46.0 Å². The molecule has 0 aromatic rings. The Hall–Kier alpha value is -0.120. The predicted octanol–water partition coefficient (Wildman–Crippen LogP) is 1.93. The van der Waals surface area contributed by atoms with Gasteiger partial charge in [0.2, 0.25) is 0 Å². The molecule has 0 bridgehead atoms. The molecule has 2 saturated heterocycles. The Morgan fingerprint density at radius 3 is 2.21 bits per heavy atom. The van der Waals surface area contributed by atoms with Crippen LogP contribution in [0.25, 0.3) is 0 Å². The van der Waals surface area contributed by atoms with Crippen LogP contribution in [-0.4, -0.2) is 61.2 Å². The molecule has 3 fully saturated rings. The SMILES string of the molecule is CC1(C)CN(C2CCCC2)CCC1N1CCNCC1. The maximum absolute atomic E-state index is 3.48. The fourth-order valence-electron chi connectivity index (χ4n) is 4.64. The molecule has 3 rings (SSSR count). The number of rotatable bonds is 2. The van der Waals surface area contributed by atoms with E-state index >= 15 is 0 Å². The van der Waals surface area contributed by atoms with Gasteiger partial charge in [-0.15, -0.1) is 0 Å². The average molecular weight is 265 g/mol. The normalized spacial score (nSPS) is 34.7. The molecule has 0 amide bonds. The van der Waals surface area contributed by atoms with Crippen LogP contribution >= 0.6 is 0 Å². The fourth-order valence-corrected chi connectivity index (χ4v) is 4.64. The van der Waals surface area contributed by atoms with E-state index in [1.165, 1.54) is 71.4 Å². The average Bonchev–Trinajstić information content (AvgIpc) is 2.92. The van der Waals surface area contributed by atoms with Crippen molar-refractivity contribution >= 4 is 0 Å². The van der Waals surface area contributed by atoms with E-state index in [4.69, 9.17) is 0 Å². The van der Waals surface area contributed by atoms with E-state index in [-0.39, 0.29) is 0 Å². The summed E-state index contributed by atoms with van der Waals surface area (Å²) in [6, 6.07) is 1.70. The highest BCUT2D eigenvalue weighted by Crippen LogP contribution is 2.36. The first-order valence-corrected chi connectivity index (χ1v) is 8.36. The van der Waals surface area contributed by atoms with Gasteiger partial charge in [-0.1, -0.05) is 26.7 Å². The summed E-state index contributed by atoms with van der Waals surface area (Å²) in [5.41, 5.74) is 0.457. The Labute approximate surface area is 118 Å². The first-order valence-electron chi connectivity index (χ1n) is 8.36. The van der Waals surface area contributed by atoms with Crippen LogP contribution in [0.5, 0.6) is 0 Å². The lowest BCUT2D eigenvalue weighted by Gasteiger charge is -2.51. The molecule has 3 aliphatic rings. The van der Waals surface area contributed by atoms with Crippen molar-refractivity contribution in [3.63, 3.8) is 0 Å². The molecule has 1 N–H and O–H groups in total. The summed E-state index contributed by atoms with van der Waals surface area (Å²) in [5.74, 6) is 0. The minimum absolute atomic E-state index is 0.457. The Bertz CT molecular complexity index is 290. The van der Waals surface area contributed by atoms with Crippen molar-refractivity contribution in [1.29, 1.82) is 0 Å². The molecule has 1 aliphatic carbocycles. The molecule has 1 unspecified atom stereocenters. The number of hydrogen-bond donors (Lipinski definition) is 1. The van der Waals surface area contributed by atoms with Crippen molar-refractivity contribution in [3.8, 4) is 0 Å². The highest BCUT2D eigenvalue weighted by molar-refractivity contribution is 4.96. The standard InChI is InChI=1S/C16H31N3/c1-16(2)13-19(14-5-3-4-6-14)10-7-15(16)18-11-8-17-9-12-18/h14-15,17H,3-13H2,1-2H3. The third-order valence-electron chi connectivity index (χ3n) is 5.64. The maximum atomic E-state index is 3.48. The first-order chi connectivity index (χ1) is 9.17. The lowest BCUT2D eigenvalue weighted by Crippen LogP contribution is -2.60. The number of nitrogens with one attached hydrogen (secondary N) is 1. The maximum Gasteiger partial charge on any atom is 0.0172 e. The van der Waals surface area contributed by atoms with Gasteiger partial charge in [-0.25, -0.2) is 0 Å². The molecule has 1 saturated carbocycles. The summed E-state index contributed by atoms with van der Waals surface area (Å²) in [6.45, 7) is 12.5.